The summed E-state index contributed by atoms with van der Waals surface area (Å²) >= 11 is 5.61. The minimum absolute atomic E-state index is 0.00942. The second-order valence-corrected chi connectivity index (χ2v) is 4.83. The molecule has 2 rings (SSSR count). The molecule has 0 saturated carbocycles. The Labute approximate surface area is 108 Å². The molecule has 1 radical (unpaired) electrons. The van der Waals surface area contributed by atoms with Gasteiger partial charge in [-0.05, 0) is 30.5 Å². The average molecular weight is 279 g/mol. The molecule has 99 valence electrons. The quantitative estimate of drug-likeness (QED) is 0.842. The van der Waals surface area contributed by atoms with Gasteiger partial charge in [0.25, 0.3) is 0 Å². The fourth-order valence-corrected chi connectivity index (χ4v) is 2.36. The van der Waals surface area contributed by atoms with Gasteiger partial charge in [-0.25, -0.2) is 5.32 Å². The first-order valence-corrected chi connectivity index (χ1v) is 5.94. The zero-order chi connectivity index (χ0) is 13.4. The Morgan fingerprint density at radius 2 is 1.83 bits per heavy atom. The third kappa shape index (κ3) is 2.63. The topological polar surface area (TPSA) is 34.3 Å². The molecule has 2 nitrogen and oxygen atoms in total. The number of benzene rings is 1. The molecule has 0 amide bonds. The van der Waals surface area contributed by atoms with Crippen LogP contribution in [0, 0.1) is 0 Å². The molecule has 0 atom stereocenters. The molecule has 0 aromatic heterocycles. The standard InChI is InChI=1S/C12H12ClF3NO/c13-8-1-2-9(10(7-8)12(14,15)16)11(18)3-5-17-6-4-11/h1-2,7,18H,3-6H2. The number of hydrogen-bond acceptors (Lipinski definition) is 1. The molecule has 0 bridgehead atoms. The smallest absolute Gasteiger partial charge is 0.385 e. The summed E-state index contributed by atoms with van der Waals surface area (Å²) in [5.41, 5.74) is -2.43. The first-order valence-electron chi connectivity index (χ1n) is 5.56. The second kappa shape index (κ2) is 4.72. The summed E-state index contributed by atoms with van der Waals surface area (Å²) in [4.78, 5) is 0. The summed E-state index contributed by atoms with van der Waals surface area (Å²) in [6.07, 6.45) is -4.11. The van der Waals surface area contributed by atoms with E-state index in [0.717, 1.165) is 6.07 Å². The molecule has 6 heteroatoms. The SMILES string of the molecule is OC1(c2ccc(Cl)cc2C(F)(F)F)CC[N]CC1. The third-order valence-electron chi connectivity index (χ3n) is 3.16. The summed E-state index contributed by atoms with van der Waals surface area (Å²) in [6, 6.07) is 3.49. The molecule has 0 unspecified atom stereocenters. The zero-order valence-corrected chi connectivity index (χ0v) is 10.2. The van der Waals surface area contributed by atoms with Crippen LogP contribution in [0.3, 0.4) is 0 Å². The van der Waals surface area contributed by atoms with Crippen LogP contribution < -0.4 is 5.32 Å². The Morgan fingerprint density at radius 1 is 1.22 bits per heavy atom. The van der Waals surface area contributed by atoms with Crippen molar-refractivity contribution < 1.29 is 18.3 Å². The van der Waals surface area contributed by atoms with Crippen molar-refractivity contribution in [2.75, 3.05) is 13.1 Å². The summed E-state index contributed by atoms with van der Waals surface area (Å²) in [5.74, 6) is 0. The summed E-state index contributed by atoms with van der Waals surface area (Å²) in [6.45, 7) is 0.743. The average Bonchev–Trinajstić information content (AvgIpc) is 2.28. The molecular weight excluding hydrogens is 267 g/mol. The van der Waals surface area contributed by atoms with Gasteiger partial charge in [0.05, 0.1) is 11.2 Å². The Kier molecular flexibility index (Phi) is 3.58. The van der Waals surface area contributed by atoms with Gasteiger partial charge in [0.1, 0.15) is 0 Å². The lowest BCUT2D eigenvalue weighted by molar-refractivity contribution is -0.141. The second-order valence-electron chi connectivity index (χ2n) is 4.39. The van der Waals surface area contributed by atoms with Crippen molar-refractivity contribution in [3.8, 4) is 0 Å². The highest BCUT2D eigenvalue weighted by Crippen LogP contribution is 2.41. The van der Waals surface area contributed by atoms with Gasteiger partial charge in [0.2, 0.25) is 0 Å². The van der Waals surface area contributed by atoms with Gasteiger partial charge in [-0.2, -0.15) is 13.2 Å². The van der Waals surface area contributed by atoms with Crippen LogP contribution in [-0.2, 0) is 11.8 Å². The third-order valence-corrected chi connectivity index (χ3v) is 3.39. The van der Waals surface area contributed by atoms with E-state index in [9.17, 15) is 18.3 Å². The Morgan fingerprint density at radius 3 is 2.39 bits per heavy atom. The van der Waals surface area contributed by atoms with Gasteiger partial charge in [-0.1, -0.05) is 17.7 Å². The number of rotatable bonds is 1. The maximum absolute atomic E-state index is 13.0. The van der Waals surface area contributed by atoms with E-state index in [2.05, 4.69) is 5.32 Å². The molecule has 1 aromatic rings. The summed E-state index contributed by atoms with van der Waals surface area (Å²) < 4.78 is 38.9. The number of aliphatic hydroxyl groups is 1. The van der Waals surface area contributed by atoms with Crippen molar-refractivity contribution in [1.29, 1.82) is 0 Å². The van der Waals surface area contributed by atoms with Gasteiger partial charge in [0, 0.05) is 18.1 Å². The van der Waals surface area contributed by atoms with E-state index in [4.69, 9.17) is 11.6 Å². The monoisotopic (exact) mass is 278 g/mol. The number of nitrogens with zero attached hydrogens (tertiary/aromatic N) is 1. The van der Waals surface area contributed by atoms with E-state index >= 15 is 0 Å². The van der Waals surface area contributed by atoms with Gasteiger partial charge in [-0.15, -0.1) is 0 Å². The van der Waals surface area contributed by atoms with Crippen LogP contribution in [0.1, 0.15) is 24.0 Å². The molecule has 1 aromatic carbocycles. The maximum atomic E-state index is 13.0. The number of alkyl halides is 3. The van der Waals surface area contributed by atoms with Crippen LogP contribution in [0.2, 0.25) is 5.02 Å². The van der Waals surface area contributed by atoms with E-state index in [1.807, 2.05) is 0 Å². The fourth-order valence-electron chi connectivity index (χ4n) is 2.19. The molecule has 0 spiro atoms. The highest BCUT2D eigenvalue weighted by molar-refractivity contribution is 6.30. The van der Waals surface area contributed by atoms with Crippen LogP contribution >= 0.6 is 11.6 Å². The molecule has 1 N–H and O–H groups in total. The molecule has 1 heterocycles. The first kappa shape index (κ1) is 13.6. The van der Waals surface area contributed by atoms with Crippen LogP contribution in [0.4, 0.5) is 13.2 Å². The molecule has 18 heavy (non-hydrogen) atoms. The summed E-state index contributed by atoms with van der Waals surface area (Å²) in [5, 5.41) is 14.4. The lowest BCUT2D eigenvalue weighted by Gasteiger charge is -2.34. The lowest BCUT2D eigenvalue weighted by atomic mass is 9.82. The maximum Gasteiger partial charge on any atom is 0.416 e. The van der Waals surface area contributed by atoms with Gasteiger partial charge in [0.15, 0.2) is 0 Å². The number of piperidine rings is 1. The van der Waals surface area contributed by atoms with Crippen molar-refractivity contribution in [3.63, 3.8) is 0 Å². The van der Waals surface area contributed by atoms with Gasteiger partial charge >= 0.3 is 6.18 Å². The molecule has 1 saturated heterocycles. The first-order chi connectivity index (χ1) is 8.33. The van der Waals surface area contributed by atoms with E-state index in [1.54, 1.807) is 0 Å². The Hall–Kier alpha value is -0.780. The highest BCUT2D eigenvalue weighted by atomic mass is 35.5. The molecule has 1 aliphatic rings. The van der Waals surface area contributed by atoms with Crippen molar-refractivity contribution in [3.05, 3.63) is 34.3 Å². The highest BCUT2D eigenvalue weighted by Gasteiger charge is 2.41. The van der Waals surface area contributed by atoms with Gasteiger partial charge in [-0.3, -0.25) is 0 Å². The van der Waals surface area contributed by atoms with Crippen LogP contribution in [0.25, 0.3) is 0 Å². The van der Waals surface area contributed by atoms with Crippen molar-refractivity contribution in [1.82, 2.24) is 5.32 Å². The Balaban J connectivity index is 2.49. The largest absolute Gasteiger partial charge is 0.416 e. The van der Waals surface area contributed by atoms with E-state index in [1.165, 1.54) is 12.1 Å². The zero-order valence-electron chi connectivity index (χ0n) is 9.47. The van der Waals surface area contributed by atoms with Crippen molar-refractivity contribution >= 4 is 11.6 Å². The predicted octanol–water partition coefficient (Wildman–Crippen LogP) is 2.94. The van der Waals surface area contributed by atoms with Crippen molar-refractivity contribution in [2.45, 2.75) is 24.6 Å². The Bertz CT molecular complexity index is 441. The lowest BCUT2D eigenvalue weighted by Crippen LogP contribution is -2.38. The number of halogens is 4. The van der Waals surface area contributed by atoms with E-state index in [-0.39, 0.29) is 23.4 Å². The van der Waals surface area contributed by atoms with E-state index in [0.29, 0.717) is 13.1 Å². The van der Waals surface area contributed by atoms with Crippen molar-refractivity contribution in [2.24, 2.45) is 0 Å². The van der Waals surface area contributed by atoms with E-state index < -0.39 is 17.3 Å². The minimum atomic E-state index is -4.52. The summed E-state index contributed by atoms with van der Waals surface area (Å²) in [7, 11) is 0. The molecule has 0 aliphatic carbocycles. The van der Waals surface area contributed by atoms with Crippen LogP contribution in [0.5, 0.6) is 0 Å². The normalized spacial score (nSPS) is 19.8. The van der Waals surface area contributed by atoms with Gasteiger partial charge < -0.3 is 5.11 Å². The predicted molar refractivity (Wildman–Crippen MR) is 61.5 cm³/mol. The molecule has 1 fully saturated rings. The number of hydrogen-bond donors (Lipinski definition) is 1. The molecular formula is C12H12ClF3NO. The van der Waals surface area contributed by atoms with Crippen LogP contribution in [-0.4, -0.2) is 18.2 Å². The molecule has 1 aliphatic heterocycles. The fraction of sp³-hybridized carbons (Fsp3) is 0.500. The van der Waals surface area contributed by atoms with Crippen LogP contribution in [0.15, 0.2) is 18.2 Å². The minimum Gasteiger partial charge on any atom is -0.385 e.